The molecule has 0 saturated carbocycles. The molecule has 1 unspecified atom stereocenters. The van der Waals surface area contributed by atoms with Crippen LogP contribution in [0.4, 0.5) is 5.69 Å². The fourth-order valence-electron chi connectivity index (χ4n) is 3.81. The zero-order valence-corrected chi connectivity index (χ0v) is 16.8. The molecule has 1 aliphatic heterocycles. The molecule has 1 N–H and O–H groups in total. The monoisotopic (exact) mass is 400 g/mol. The number of aromatic nitrogens is 3. The largest absolute Gasteiger partial charge is 0.360 e. The van der Waals surface area contributed by atoms with Crippen LogP contribution in [0.2, 0.25) is 0 Å². The summed E-state index contributed by atoms with van der Waals surface area (Å²) in [5.41, 5.74) is 5.93. The third-order valence-corrected chi connectivity index (χ3v) is 6.58. The number of hydrogen-bond acceptors (Lipinski definition) is 5. The van der Waals surface area contributed by atoms with Crippen molar-refractivity contribution in [3.63, 3.8) is 0 Å². The molecule has 0 radical (unpaired) electrons. The van der Waals surface area contributed by atoms with Crippen molar-refractivity contribution in [3.05, 3.63) is 78.4 Å². The molecular formula is C23H20N4OS. The number of ketones is 1. The first-order valence-electron chi connectivity index (χ1n) is 9.58. The van der Waals surface area contributed by atoms with Gasteiger partial charge in [0.15, 0.2) is 5.78 Å². The van der Waals surface area contributed by atoms with E-state index in [1.165, 1.54) is 0 Å². The SMILES string of the molecule is Cc1cccnc1-c1ccc2c(C(=O)C3CSN(c4cccnc4)C3)c[nH]c2c1. The van der Waals surface area contributed by atoms with E-state index in [0.717, 1.165) is 44.7 Å². The molecule has 3 aromatic heterocycles. The Morgan fingerprint density at radius 2 is 2.10 bits per heavy atom. The standard InChI is InChI=1S/C23H20N4OS/c1-15-4-2-9-25-22(15)16-6-7-19-20(12-26-21(19)10-16)23(28)17-13-27(29-14-17)18-5-3-8-24-11-18/h2-12,17,26H,13-14H2,1H3. The molecular weight excluding hydrogens is 380 g/mol. The summed E-state index contributed by atoms with van der Waals surface area (Å²) in [5.74, 6) is 0.944. The normalized spacial score (nSPS) is 16.4. The van der Waals surface area contributed by atoms with Gasteiger partial charge in [0.05, 0.1) is 23.5 Å². The molecule has 1 atom stereocenters. The van der Waals surface area contributed by atoms with Crippen LogP contribution in [-0.4, -0.2) is 33.0 Å². The van der Waals surface area contributed by atoms with Gasteiger partial charge < -0.3 is 9.29 Å². The Morgan fingerprint density at radius 1 is 1.21 bits per heavy atom. The first kappa shape index (κ1) is 17.9. The second-order valence-corrected chi connectivity index (χ2v) is 8.29. The van der Waals surface area contributed by atoms with Gasteiger partial charge in [0.1, 0.15) is 0 Å². The minimum atomic E-state index is -0.0306. The molecule has 0 bridgehead atoms. The minimum Gasteiger partial charge on any atom is -0.360 e. The summed E-state index contributed by atoms with van der Waals surface area (Å²) >= 11 is 1.69. The Morgan fingerprint density at radius 3 is 2.93 bits per heavy atom. The molecule has 29 heavy (non-hydrogen) atoms. The van der Waals surface area contributed by atoms with Crippen LogP contribution in [0.15, 0.2) is 67.3 Å². The quantitative estimate of drug-likeness (QED) is 0.390. The fraction of sp³-hybridized carbons (Fsp3) is 0.174. The Balaban J connectivity index is 1.41. The van der Waals surface area contributed by atoms with Gasteiger partial charge in [-0.25, -0.2) is 0 Å². The third-order valence-electron chi connectivity index (χ3n) is 5.35. The van der Waals surface area contributed by atoms with Gasteiger partial charge in [-0.2, -0.15) is 0 Å². The summed E-state index contributed by atoms with van der Waals surface area (Å²) in [6.07, 6.45) is 7.26. The Bertz CT molecular complexity index is 1190. The number of carbonyl (C=O) groups is 1. The van der Waals surface area contributed by atoms with Crippen molar-refractivity contribution in [2.24, 2.45) is 5.92 Å². The Kier molecular flexibility index (Phi) is 4.56. The van der Waals surface area contributed by atoms with Crippen LogP contribution in [0.1, 0.15) is 15.9 Å². The lowest BCUT2D eigenvalue weighted by Gasteiger charge is -2.15. The highest BCUT2D eigenvalue weighted by molar-refractivity contribution is 8.00. The molecule has 0 aliphatic carbocycles. The topological polar surface area (TPSA) is 61.9 Å². The first-order chi connectivity index (χ1) is 14.2. The van der Waals surface area contributed by atoms with Crippen LogP contribution in [0.3, 0.4) is 0 Å². The fourth-order valence-corrected chi connectivity index (χ4v) is 4.97. The summed E-state index contributed by atoms with van der Waals surface area (Å²) in [4.78, 5) is 25.2. The number of nitrogens with zero attached hydrogens (tertiary/aromatic N) is 3. The van der Waals surface area contributed by atoms with Crippen molar-refractivity contribution in [2.45, 2.75) is 6.92 Å². The van der Waals surface area contributed by atoms with Gasteiger partial charge >= 0.3 is 0 Å². The summed E-state index contributed by atoms with van der Waals surface area (Å²) in [6, 6.07) is 14.1. The number of Topliss-reactive ketones (excluding diaryl/α,β-unsaturated/α-hetero) is 1. The molecule has 5 rings (SSSR count). The van der Waals surface area contributed by atoms with E-state index >= 15 is 0 Å². The number of carbonyl (C=O) groups excluding carboxylic acids is 1. The van der Waals surface area contributed by atoms with E-state index in [0.29, 0.717) is 6.54 Å². The van der Waals surface area contributed by atoms with E-state index in [1.807, 2.05) is 48.9 Å². The van der Waals surface area contributed by atoms with E-state index < -0.39 is 0 Å². The van der Waals surface area contributed by atoms with Gasteiger partial charge in [-0.3, -0.25) is 14.8 Å². The number of benzene rings is 1. The highest BCUT2D eigenvalue weighted by Crippen LogP contribution is 2.34. The molecule has 0 amide bonds. The molecule has 1 aromatic carbocycles. The molecule has 1 saturated heterocycles. The maximum absolute atomic E-state index is 13.2. The molecule has 6 heteroatoms. The van der Waals surface area contributed by atoms with E-state index in [9.17, 15) is 4.79 Å². The lowest BCUT2D eigenvalue weighted by atomic mass is 9.97. The number of fused-ring (bicyclic) bond motifs is 1. The maximum Gasteiger partial charge on any atom is 0.170 e. The zero-order valence-electron chi connectivity index (χ0n) is 16.0. The number of anilines is 1. The van der Waals surface area contributed by atoms with Crippen molar-refractivity contribution in [1.82, 2.24) is 15.0 Å². The number of aromatic amines is 1. The van der Waals surface area contributed by atoms with E-state index in [-0.39, 0.29) is 11.7 Å². The predicted molar refractivity (Wildman–Crippen MR) is 118 cm³/mol. The van der Waals surface area contributed by atoms with Crippen LogP contribution < -0.4 is 4.31 Å². The van der Waals surface area contributed by atoms with E-state index in [2.05, 4.69) is 38.3 Å². The van der Waals surface area contributed by atoms with Crippen molar-refractivity contribution in [1.29, 1.82) is 0 Å². The van der Waals surface area contributed by atoms with Crippen molar-refractivity contribution in [2.75, 3.05) is 16.6 Å². The smallest absolute Gasteiger partial charge is 0.170 e. The van der Waals surface area contributed by atoms with Crippen LogP contribution in [0.25, 0.3) is 22.2 Å². The maximum atomic E-state index is 13.2. The van der Waals surface area contributed by atoms with Crippen molar-refractivity contribution in [3.8, 4) is 11.3 Å². The second-order valence-electron chi connectivity index (χ2n) is 7.26. The average Bonchev–Trinajstić information content (AvgIpc) is 3.41. The van der Waals surface area contributed by atoms with Gasteiger partial charge in [-0.05, 0) is 48.7 Å². The zero-order chi connectivity index (χ0) is 19.8. The van der Waals surface area contributed by atoms with Gasteiger partial charge in [-0.15, -0.1) is 0 Å². The van der Waals surface area contributed by atoms with Crippen LogP contribution >= 0.6 is 11.9 Å². The lowest BCUT2D eigenvalue weighted by Crippen LogP contribution is -2.21. The number of pyridine rings is 2. The average molecular weight is 401 g/mol. The lowest BCUT2D eigenvalue weighted by molar-refractivity contribution is 0.0942. The van der Waals surface area contributed by atoms with Gasteiger partial charge in [0.25, 0.3) is 0 Å². The summed E-state index contributed by atoms with van der Waals surface area (Å²) in [6.45, 7) is 2.76. The highest BCUT2D eigenvalue weighted by Gasteiger charge is 2.31. The Labute approximate surface area is 173 Å². The highest BCUT2D eigenvalue weighted by atomic mass is 32.2. The molecule has 4 aromatic rings. The van der Waals surface area contributed by atoms with Crippen LogP contribution in [-0.2, 0) is 0 Å². The number of hydrogen-bond donors (Lipinski definition) is 1. The predicted octanol–water partition coefficient (Wildman–Crippen LogP) is 4.90. The summed E-state index contributed by atoms with van der Waals surface area (Å²) in [7, 11) is 0. The van der Waals surface area contributed by atoms with E-state index in [4.69, 9.17) is 0 Å². The number of aryl methyl sites for hydroxylation is 1. The number of nitrogens with one attached hydrogen (secondary N) is 1. The second kappa shape index (κ2) is 7.37. The van der Waals surface area contributed by atoms with Gasteiger partial charge in [0.2, 0.25) is 0 Å². The van der Waals surface area contributed by atoms with Crippen molar-refractivity contribution < 1.29 is 4.79 Å². The summed E-state index contributed by atoms with van der Waals surface area (Å²) < 4.78 is 2.16. The van der Waals surface area contributed by atoms with Crippen molar-refractivity contribution >= 4 is 34.3 Å². The number of rotatable bonds is 4. The van der Waals surface area contributed by atoms with Gasteiger partial charge in [0, 0.05) is 52.9 Å². The number of H-pyrrole nitrogens is 1. The minimum absolute atomic E-state index is 0.0306. The first-order valence-corrected chi connectivity index (χ1v) is 10.5. The molecule has 5 nitrogen and oxygen atoms in total. The summed E-state index contributed by atoms with van der Waals surface area (Å²) in [5, 5.41) is 0.970. The van der Waals surface area contributed by atoms with Crippen LogP contribution in [0.5, 0.6) is 0 Å². The Hall–Kier alpha value is -3.12. The molecule has 1 fully saturated rings. The molecule has 1 aliphatic rings. The third kappa shape index (κ3) is 3.29. The molecule has 0 spiro atoms. The van der Waals surface area contributed by atoms with Crippen LogP contribution in [0, 0.1) is 12.8 Å². The van der Waals surface area contributed by atoms with E-state index in [1.54, 1.807) is 18.1 Å². The van der Waals surface area contributed by atoms with Gasteiger partial charge in [-0.1, -0.05) is 18.2 Å². The molecule has 4 heterocycles. The molecule has 144 valence electrons.